The van der Waals surface area contributed by atoms with Crippen molar-refractivity contribution >= 4 is 26.5 Å². The third-order valence-corrected chi connectivity index (χ3v) is 13.6. The first kappa shape index (κ1) is 24.8. The molecule has 0 radical (unpaired) electrons. The van der Waals surface area contributed by atoms with Gasteiger partial charge in [0.2, 0.25) is 0 Å². The number of halogens is 2. The summed E-state index contributed by atoms with van der Waals surface area (Å²) >= 11 is 0. The first-order valence-corrected chi connectivity index (χ1v) is 14.3. The normalized spacial score (nSPS) is 21.1. The van der Waals surface area contributed by atoms with Gasteiger partial charge in [0.05, 0.1) is 0 Å². The topological polar surface area (TPSA) is 0 Å². The summed E-state index contributed by atoms with van der Waals surface area (Å²) in [5.41, 5.74) is 1.20. The van der Waals surface area contributed by atoms with Gasteiger partial charge in [-0.15, -0.1) is 0 Å². The van der Waals surface area contributed by atoms with Crippen molar-refractivity contribution in [3.8, 4) is 0 Å². The van der Waals surface area contributed by atoms with Crippen molar-refractivity contribution in [2.24, 2.45) is 5.92 Å². The second kappa shape index (κ2) is 9.57. The fourth-order valence-electron chi connectivity index (χ4n) is 6.01. The lowest BCUT2D eigenvalue weighted by Gasteiger charge is -2.49. The minimum Gasteiger partial charge on any atom is -0.207 e. The van der Waals surface area contributed by atoms with Crippen LogP contribution in [0.3, 0.4) is 0 Å². The Kier molecular flexibility index (Phi) is 7.65. The lowest BCUT2D eigenvalue weighted by Crippen LogP contribution is -2.37. The van der Waals surface area contributed by atoms with Crippen LogP contribution in [0.2, 0.25) is 0 Å². The Morgan fingerprint density at radius 3 is 1.55 bits per heavy atom. The van der Waals surface area contributed by atoms with E-state index in [9.17, 15) is 8.78 Å². The van der Waals surface area contributed by atoms with Gasteiger partial charge >= 0.3 is 0 Å². The van der Waals surface area contributed by atoms with E-state index in [1.807, 2.05) is 24.3 Å². The molecule has 0 aromatic heterocycles. The van der Waals surface area contributed by atoms with Crippen molar-refractivity contribution in [3.63, 3.8) is 0 Å². The van der Waals surface area contributed by atoms with Crippen LogP contribution in [0.25, 0.3) is 0 Å². The molecule has 2 unspecified atom stereocenters. The predicted octanol–water partition coefficient (Wildman–Crippen LogP) is 8.03. The summed E-state index contributed by atoms with van der Waals surface area (Å²) in [4.78, 5) is 0. The smallest absolute Gasteiger partial charge is 0.123 e. The van der Waals surface area contributed by atoms with Crippen molar-refractivity contribution in [2.75, 3.05) is 0 Å². The Morgan fingerprint density at radius 1 is 0.742 bits per heavy atom. The highest BCUT2D eigenvalue weighted by molar-refractivity contribution is 7.73. The van der Waals surface area contributed by atoms with Gasteiger partial charge in [0.15, 0.2) is 0 Å². The molecule has 1 saturated carbocycles. The van der Waals surface area contributed by atoms with E-state index in [-0.39, 0.29) is 29.9 Å². The van der Waals surface area contributed by atoms with Crippen LogP contribution in [-0.2, 0) is 0 Å². The maximum Gasteiger partial charge on any atom is 0.123 e. The average Bonchev–Trinajstić information content (AvgIpc) is 3.12. The average molecular weight is 463 g/mol. The van der Waals surface area contributed by atoms with E-state index in [1.54, 1.807) is 24.3 Å². The molecule has 0 nitrogen and oxygen atoms in total. The maximum absolute atomic E-state index is 13.7. The Bertz CT molecular complexity index is 787. The van der Waals surface area contributed by atoms with Crippen LogP contribution in [-0.4, -0.2) is 21.6 Å². The molecule has 2 aromatic rings. The molecular weight excluding hydrogens is 424 g/mol. The minimum absolute atomic E-state index is 0.196. The van der Waals surface area contributed by atoms with Crippen LogP contribution in [0.15, 0.2) is 48.5 Å². The van der Waals surface area contributed by atoms with Gasteiger partial charge in [-0.3, -0.25) is 0 Å². The fraction of sp³-hybridized carbons (Fsp3) is 0.556. The van der Waals surface area contributed by atoms with Crippen molar-refractivity contribution in [2.45, 2.75) is 89.4 Å². The molecular formula is C27H38F2P2. The largest absolute Gasteiger partial charge is 0.207 e. The molecule has 0 heterocycles. The van der Waals surface area contributed by atoms with Crippen LogP contribution < -0.4 is 10.6 Å². The molecule has 3 atom stereocenters. The molecule has 0 bridgehead atoms. The van der Waals surface area contributed by atoms with Gasteiger partial charge in [-0.25, -0.2) is 8.78 Å². The molecule has 0 aliphatic heterocycles. The summed E-state index contributed by atoms with van der Waals surface area (Å²) < 4.78 is 27.4. The van der Waals surface area contributed by atoms with Gasteiger partial charge in [0.1, 0.15) is 11.6 Å². The monoisotopic (exact) mass is 462 g/mol. The molecule has 170 valence electrons. The molecule has 4 heteroatoms. The second-order valence-corrected chi connectivity index (χ2v) is 17.6. The van der Waals surface area contributed by atoms with Crippen LogP contribution in [0, 0.1) is 17.6 Å². The highest BCUT2D eigenvalue weighted by atomic mass is 31.1. The number of benzene rings is 2. The second-order valence-electron chi connectivity index (χ2n) is 10.9. The van der Waals surface area contributed by atoms with Gasteiger partial charge in [0, 0.05) is 0 Å². The van der Waals surface area contributed by atoms with Crippen LogP contribution >= 0.6 is 15.8 Å². The zero-order valence-electron chi connectivity index (χ0n) is 20.1. The lowest BCUT2D eigenvalue weighted by atomic mass is 10.0. The van der Waals surface area contributed by atoms with E-state index in [4.69, 9.17) is 0 Å². The molecule has 1 aliphatic carbocycles. The Labute approximate surface area is 190 Å². The van der Waals surface area contributed by atoms with Gasteiger partial charge < -0.3 is 0 Å². The summed E-state index contributed by atoms with van der Waals surface area (Å²) in [6.45, 7) is 17.0. The molecule has 3 rings (SSSR count). The van der Waals surface area contributed by atoms with Crippen molar-refractivity contribution in [1.82, 2.24) is 0 Å². The first-order valence-electron chi connectivity index (χ1n) is 11.5. The molecule has 2 aromatic carbocycles. The molecule has 0 spiro atoms. The van der Waals surface area contributed by atoms with Gasteiger partial charge in [-0.05, 0) is 83.2 Å². The molecule has 0 saturated heterocycles. The van der Waals surface area contributed by atoms with Gasteiger partial charge in [-0.1, -0.05) is 87.1 Å². The van der Waals surface area contributed by atoms with Gasteiger partial charge in [-0.2, -0.15) is 0 Å². The van der Waals surface area contributed by atoms with Gasteiger partial charge in [0.25, 0.3) is 0 Å². The SMILES string of the molecule is CC(C1CCC[C@@H]1P(c1ccc(F)cc1)c1ccc(F)cc1)P(C(C)(C)C)C(C)(C)C. The van der Waals surface area contributed by atoms with E-state index in [2.05, 4.69) is 48.5 Å². The van der Waals surface area contributed by atoms with Crippen molar-refractivity contribution in [3.05, 3.63) is 60.2 Å². The van der Waals surface area contributed by atoms with Crippen molar-refractivity contribution < 1.29 is 8.78 Å². The molecule has 0 amide bonds. The zero-order valence-corrected chi connectivity index (χ0v) is 21.9. The predicted molar refractivity (Wildman–Crippen MR) is 136 cm³/mol. The lowest BCUT2D eigenvalue weighted by molar-refractivity contribution is 0.527. The van der Waals surface area contributed by atoms with E-state index in [0.29, 0.717) is 17.2 Å². The third kappa shape index (κ3) is 5.75. The van der Waals surface area contributed by atoms with Crippen LogP contribution in [0.4, 0.5) is 8.78 Å². The summed E-state index contributed by atoms with van der Waals surface area (Å²) in [5.74, 6) is 0.252. The fourth-order valence-corrected chi connectivity index (χ4v) is 14.6. The standard InChI is InChI=1S/C27H38F2P2/c1-19(31(26(2,3)4)27(5,6)7)24-9-8-10-25(24)30(22-15-11-20(28)12-16-22)23-17-13-21(29)14-18-23/h11-19,24-25H,8-10H2,1-7H3/t19?,24?,25-/m0/s1. The molecule has 1 fully saturated rings. The quantitative estimate of drug-likeness (QED) is 0.395. The number of rotatable bonds is 5. The summed E-state index contributed by atoms with van der Waals surface area (Å²) in [5, 5.41) is 2.99. The third-order valence-electron chi connectivity index (χ3n) is 6.55. The molecule has 31 heavy (non-hydrogen) atoms. The Hall–Kier alpha value is -0.840. The zero-order chi connectivity index (χ0) is 23.0. The highest BCUT2D eigenvalue weighted by Gasteiger charge is 2.46. The first-order chi connectivity index (χ1) is 14.4. The van der Waals surface area contributed by atoms with E-state index < -0.39 is 7.92 Å². The van der Waals surface area contributed by atoms with E-state index in [1.165, 1.54) is 29.9 Å². The summed E-state index contributed by atoms with van der Waals surface area (Å²) in [6, 6.07) is 14.2. The van der Waals surface area contributed by atoms with Crippen molar-refractivity contribution in [1.29, 1.82) is 0 Å². The Balaban J connectivity index is 2.03. The highest BCUT2D eigenvalue weighted by Crippen LogP contribution is 2.67. The maximum atomic E-state index is 13.7. The van der Waals surface area contributed by atoms with Crippen LogP contribution in [0.5, 0.6) is 0 Å². The minimum atomic E-state index is -0.668. The van der Waals surface area contributed by atoms with E-state index >= 15 is 0 Å². The summed E-state index contributed by atoms with van der Waals surface area (Å²) in [6.07, 6.45) is 3.71. The Morgan fingerprint density at radius 2 is 1.16 bits per heavy atom. The summed E-state index contributed by atoms with van der Waals surface area (Å²) in [7, 11) is -0.892. The number of hydrogen-bond acceptors (Lipinski definition) is 0. The van der Waals surface area contributed by atoms with E-state index in [0.717, 1.165) is 0 Å². The van der Waals surface area contributed by atoms with Crippen LogP contribution in [0.1, 0.15) is 67.7 Å². The molecule has 0 N–H and O–H groups in total. The number of hydrogen-bond donors (Lipinski definition) is 0. The molecule has 1 aliphatic rings.